The minimum atomic E-state index is 0.354. The maximum Gasteiger partial charge on any atom is 0.121 e. The average molecular weight is 246 g/mol. The molecular weight excluding hydrogens is 224 g/mol. The van der Waals surface area contributed by atoms with Crippen molar-refractivity contribution in [3.05, 3.63) is 23.8 Å². The summed E-state index contributed by atoms with van der Waals surface area (Å²) in [7, 11) is 0. The van der Waals surface area contributed by atoms with Crippen molar-refractivity contribution < 1.29 is 4.74 Å². The van der Waals surface area contributed by atoms with Crippen LogP contribution in [0.4, 0.5) is 5.69 Å². The molecule has 0 spiro atoms. The van der Waals surface area contributed by atoms with E-state index in [4.69, 9.17) is 4.74 Å². The van der Waals surface area contributed by atoms with Gasteiger partial charge in [0.15, 0.2) is 0 Å². The van der Waals surface area contributed by atoms with E-state index in [-0.39, 0.29) is 0 Å². The lowest BCUT2D eigenvalue weighted by Crippen LogP contribution is -2.30. The predicted molar refractivity (Wildman–Crippen MR) is 74.4 cm³/mol. The molecule has 2 aliphatic rings. The van der Waals surface area contributed by atoms with Gasteiger partial charge < -0.3 is 10.1 Å². The summed E-state index contributed by atoms with van der Waals surface area (Å²) in [5.41, 5.74) is 2.67. The highest BCUT2D eigenvalue weighted by atomic mass is 16.5. The van der Waals surface area contributed by atoms with Crippen molar-refractivity contribution in [2.75, 3.05) is 25.0 Å². The van der Waals surface area contributed by atoms with E-state index >= 15 is 0 Å². The Morgan fingerprint density at radius 3 is 3.06 bits per heavy atom. The number of fused-ring (bicyclic) bond motifs is 1. The van der Waals surface area contributed by atoms with Crippen molar-refractivity contribution in [1.82, 2.24) is 4.90 Å². The molecule has 1 fully saturated rings. The highest BCUT2D eigenvalue weighted by Crippen LogP contribution is 2.28. The average Bonchev–Trinajstić information content (AvgIpc) is 2.96. The molecule has 1 atom stereocenters. The van der Waals surface area contributed by atoms with Crippen LogP contribution in [0.5, 0.6) is 5.75 Å². The van der Waals surface area contributed by atoms with Gasteiger partial charge in [0.05, 0.1) is 0 Å². The molecule has 1 saturated heterocycles. The Labute approximate surface area is 109 Å². The number of hydrogen-bond acceptors (Lipinski definition) is 3. The number of likely N-dealkylation sites (tertiary alicyclic amines) is 1. The summed E-state index contributed by atoms with van der Waals surface area (Å²) >= 11 is 0. The van der Waals surface area contributed by atoms with Crippen molar-refractivity contribution >= 4 is 5.69 Å². The molecule has 3 heteroatoms. The lowest BCUT2D eigenvalue weighted by atomic mass is 10.1. The van der Waals surface area contributed by atoms with E-state index < -0.39 is 0 Å². The van der Waals surface area contributed by atoms with E-state index in [1.165, 1.54) is 11.3 Å². The molecular formula is C15H22N2O. The summed E-state index contributed by atoms with van der Waals surface area (Å²) in [6.45, 7) is 7.78. The third kappa shape index (κ3) is 2.32. The Balaban J connectivity index is 1.63. The number of ether oxygens (including phenoxy) is 1. The Bertz CT molecular complexity index is 431. The van der Waals surface area contributed by atoms with Gasteiger partial charge in [0, 0.05) is 37.4 Å². The predicted octanol–water partition coefficient (Wildman–Crippen LogP) is 2.52. The van der Waals surface area contributed by atoms with Crippen molar-refractivity contribution in [2.24, 2.45) is 0 Å². The van der Waals surface area contributed by atoms with Gasteiger partial charge in [0.2, 0.25) is 0 Å². The maximum atomic E-state index is 6.10. The van der Waals surface area contributed by atoms with E-state index in [0.717, 1.165) is 38.2 Å². The summed E-state index contributed by atoms with van der Waals surface area (Å²) in [5, 5.41) is 3.40. The van der Waals surface area contributed by atoms with Crippen molar-refractivity contribution in [2.45, 2.75) is 38.8 Å². The molecule has 1 aromatic rings. The van der Waals surface area contributed by atoms with Gasteiger partial charge in [-0.15, -0.1) is 0 Å². The quantitative estimate of drug-likeness (QED) is 0.887. The second-order valence-electron chi connectivity index (χ2n) is 5.61. The fourth-order valence-electron chi connectivity index (χ4n) is 2.85. The zero-order valence-corrected chi connectivity index (χ0v) is 11.3. The van der Waals surface area contributed by atoms with Crippen molar-refractivity contribution in [3.8, 4) is 5.75 Å². The second-order valence-corrected chi connectivity index (χ2v) is 5.61. The molecule has 0 aromatic heterocycles. The Hall–Kier alpha value is -1.22. The van der Waals surface area contributed by atoms with Crippen LogP contribution in [0.3, 0.4) is 0 Å². The van der Waals surface area contributed by atoms with E-state index in [0.29, 0.717) is 12.1 Å². The number of hydrogen-bond donors (Lipinski definition) is 1. The number of rotatable bonds is 3. The van der Waals surface area contributed by atoms with Gasteiger partial charge in [-0.1, -0.05) is 6.07 Å². The molecule has 98 valence electrons. The van der Waals surface area contributed by atoms with Crippen LogP contribution in [0, 0.1) is 0 Å². The van der Waals surface area contributed by atoms with E-state index in [9.17, 15) is 0 Å². The zero-order valence-electron chi connectivity index (χ0n) is 11.3. The largest absolute Gasteiger partial charge is 0.489 e. The first-order chi connectivity index (χ1) is 8.72. The summed E-state index contributed by atoms with van der Waals surface area (Å²) in [6.07, 6.45) is 2.63. The van der Waals surface area contributed by atoms with Gasteiger partial charge in [-0.25, -0.2) is 0 Å². The topological polar surface area (TPSA) is 24.5 Å². The number of anilines is 1. The van der Waals surface area contributed by atoms with E-state index in [1.54, 1.807) is 0 Å². The highest BCUT2D eigenvalue weighted by molar-refractivity contribution is 5.58. The molecule has 0 bridgehead atoms. The monoisotopic (exact) mass is 246 g/mol. The van der Waals surface area contributed by atoms with Crippen LogP contribution in [0.15, 0.2) is 18.2 Å². The first kappa shape index (κ1) is 11.8. The van der Waals surface area contributed by atoms with Crippen LogP contribution in [0.1, 0.15) is 25.8 Å². The Morgan fingerprint density at radius 1 is 1.39 bits per heavy atom. The molecule has 0 radical (unpaired) electrons. The molecule has 3 nitrogen and oxygen atoms in total. The fourth-order valence-corrected chi connectivity index (χ4v) is 2.85. The maximum absolute atomic E-state index is 6.10. The first-order valence-corrected chi connectivity index (χ1v) is 7.00. The van der Waals surface area contributed by atoms with Crippen LogP contribution in [0.2, 0.25) is 0 Å². The number of benzene rings is 1. The van der Waals surface area contributed by atoms with Crippen molar-refractivity contribution in [1.29, 1.82) is 0 Å². The van der Waals surface area contributed by atoms with Crippen LogP contribution in [-0.4, -0.2) is 36.7 Å². The molecule has 3 rings (SSSR count). The zero-order chi connectivity index (χ0) is 12.5. The van der Waals surface area contributed by atoms with Gasteiger partial charge in [-0.3, -0.25) is 4.90 Å². The molecule has 1 aromatic carbocycles. The van der Waals surface area contributed by atoms with E-state index in [1.807, 2.05) is 0 Å². The Kier molecular flexibility index (Phi) is 3.16. The van der Waals surface area contributed by atoms with Crippen LogP contribution >= 0.6 is 0 Å². The van der Waals surface area contributed by atoms with Gasteiger partial charge in [0.1, 0.15) is 11.9 Å². The summed E-state index contributed by atoms with van der Waals surface area (Å²) in [6, 6.07) is 7.09. The van der Waals surface area contributed by atoms with Gasteiger partial charge >= 0.3 is 0 Å². The molecule has 1 unspecified atom stereocenters. The van der Waals surface area contributed by atoms with Gasteiger partial charge in [-0.2, -0.15) is 0 Å². The lowest BCUT2D eigenvalue weighted by Gasteiger charge is -2.20. The molecule has 0 amide bonds. The minimum Gasteiger partial charge on any atom is -0.489 e. The molecule has 0 saturated carbocycles. The van der Waals surface area contributed by atoms with Crippen molar-refractivity contribution in [3.63, 3.8) is 0 Å². The van der Waals surface area contributed by atoms with Gasteiger partial charge in [-0.05, 0) is 38.3 Å². The lowest BCUT2D eigenvalue weighted by molar-refractivity contribution is 0.187. The van der Waals surface area contributed by atoms with Crippen LogP contribution in [0.25, 0.3) is 0 Å². The molecule has 1 N–H and O–H groups in total. The number of nitrogens with zero attached hydrogens (tertiary/aromatic N) is 1. The van der Waals surface area contributed by atoms with Crippen LogP contribution in [-0.2, 0) is 6.42 Å². The Morgan fingerprint density at radius 2 is 2.28 bits per heavy atom. The second kappa shape index (κ2) is 4.81. The molecule has 2 heterocycles. The van der Waals surface area contributed by atoms with Crippen LogP contribution < -0.4 is 10.1 Å². The first-order valence-electron chi connectivity index (χ1n) is 7.00. The minimum absolute atomic E-state index is 0.354. The summed E-state index contributed by atoms with van der Waals surface area (Å²) in [5.74, 6) is 1.01. The SMILES string of the molecule is CC(C)N1CCC(Oc2ccc3c(c2)NCC3)C1. The molecule has 2 aliphatic heterocycles. The third-order valence-corrected chi connectivity index (χ3v) is 4.00. The highest BCUT2D eigenvalue weighted by Gasteiger charge is 2.25. The normalized spacial score (nSPS) is 23.2. The summed E-state index contributed by atoms with van der Waals surface area (Å²) in [4.78, 5) is 2.48. The molecule has 18 heavy (non-hydrogen) atoms. The van der Waals surface area contributed by atoms with E-state index in [2.05, 4.69) is 42.3 Å². The summed E-state index contributed by atoms with van der Waals surface area (Å²) < 4.78 is 6.10. The molecule has 0 aliphatic carbocycles. The fraction of sp³-hybridized carbons (Fsp3) is 0.600. The van der Waals surface area contributed by atoms with Gasteiger partial charge in [0.25, 0.3) is 0 Å². The standard InChI is InChI=1S/C15H22N2O/c1-11(2)17-8-6-14(10-17)18-13-4-3-12-5-7-16-15(12)9-13/h3-4,9,11,14,16H,5-8,10H2,1-2H3. The number of nitrogens with one attached hydrogen (secondary N) is 1. The third-order valence-electron chi connectivity index (χ3n) is 4.00. The smallest absolute Gasteiger partial charge is 0.121 e.